The van der Waals surface area contributed by atoms with Gasteiger partial charge in [0, 0.05) is 0 Å². The summed E-state index contributed by atoms with van der Waals surface area (Å²) in [6, 6.07) is 2.67. The molecule has 3 aromatic heterocycles. The highest BCUT2D eigenvalue weighted by Crippen LogP contribution is 2.20. The lowest BCUT2D eigenvalue weighted by molar-refractivity contribution is 0.0608. The lowest BCUT2D eigenvalue weighted by Crippen LogP contribution is -2.01. The van der Waals surface area contributed by atoms with Crippen LogP contribution in [0.4, 0.5) is 13.2 Å². The monoisotopic (exact) mass is 265 g/mol. The van der Waals surface area contributed by atoms with Gasteiger partial charge >= 0.3 is 6.55 Å². The number of nitrogens with zero attached hydrogens (tertiary/aromatic N) is 5. The summed E-state index contributed by atoms with van der Waals surface area (Å²) in [5.41, 5.74) is 0.978. The summed E-state index contributed by atoms with van der Waals surface area (Å²) >= 11 is 0. The fraction of sp³-hybridized carbons (Fsp3) is 0.0909. The van der Waals surface area contributed by atoms with Crippen LogP contribution in [-0.4, -0.2) is 24.7 Å². The molecule has 3 rings (SSSR count). The van der Waals surface area contributed by atoms with Crippen molar-refractivity contribution in [3.8, 4) is 11.4 Å². The summed E-state index contributed by atoms with van der Waals surface area (Å²) in [6.45, 7) is -2.78. The van der Waals surface area contributed by atoms with Crippen molar-refractivity contribution in [2.75, 3.05) is 0 Å². The second-order valence-corrected chi connectivity index (χ2v) is 3.69. The number of fused-ring (bicyclic) bond motifs is 1. The van der Waals surface area contributed by atoms with E-state index in [1.807, 2.05) is 0 Å². The molecule has 0 aromatic carbocycles. The van der Waals surface area contributed by atoms with Gasteiger partial charge < -0.3 is 0 Å². The van der Waals surface area contributed by atoms with Gasteiger partial charge in [0.25, 0.3) is 0 Å². The van der Waals surface area contributed by atoms with E-state index in [2.05, 4.69) is 20.1 Å². The first kappa shape index (κ1) is 11.6. The summed E-state index contributed by atoms with van der Waals surface area (Å²) in [5, 5.41) is 3.50. The maximum atomic E-state index is 12.8. The van der Waals surface area contributed by atoms with Crippen molar-refractivity contribution in [1.29, 1.82) is 0 Å². The molecule has 0 amide bonds. The van der Waals surface area contributed by atoms with Crippen LogP contribution in [-0.2, 0) is 0 Å². The molecule has 0 aliphatic rings. The molecule has 3 heterocycles. The van der Waals surface area contributed by atoms with Crippen molar-refractivity contribution >= 4 is 11.2 Å². The van der Waals surface area contributed by atoms with Crippen LogP contribution >= 0.6 is 0 Å². The highest BCUT2D eigenvalue weighted by Gasteiger charge is 2.14. The van der Waals surface area contributed by atoms with E-state index in [0.29, 0.717) is 16.1 Å². The van der Waals surface area contributed by atoms with Gasteiger partial charge in [0.2, 0.25) is 0 Å². The Morgan fingerprint density at radius 3 is 2.53 bits per heavy atom. The van der Waals surface area contributed by atoms with Crippen molar-refractivity contribution in [1.82, 2.24) is 24.7 Å². The zero-order valence-corrected chi connectivity index (χ0v) is 9.33. The van der Waals surface area contributed by atoms with Crippen molar-refractivity contribution in [2.24, 2.45) is 0 Å². The molecule has 0 atom stereocenters. The van der Waals surface area contributed by atoms with Gasteiger partial charge in [0.1, 0.15) is 17.0 Å². The number of aromatic nitrogens is 5. The van der Waals surface area contributed by atoms with E-state index in [1.54, 1.807) is 0 Å². The zero-order valence-electron chi connectivity index (χ0n) is 9.33. The molecule has 0 aliphatic heterocycles. The average Bonchev–Trinajstić information content (AvgIpc) is 2.82. The first-order valence-corrected chi connectivity index (χ1v) is 5.25. The lowest BCUT2D eigenvalue weighted by Gasteiger charge is -2.01. The predicted molar refractivity (Wildman–Crippen MR) is 59.8 cm³/mol. The topological polar surface area (TPSA) is 56.5 Å². The van der Waals surface area contributed by atoms with Crippen molar-refractivity contribution in [3.63, 3.8) is 0 Å². The van der Waals surface area contributed by atoms with Gasteiger partial charge in [0.15, 0.2) is 5.65 Å². The lowest BCUT2D eigenvalue weighted by atomic mass is 10.3. The normalized spacial score (nSPS) is 11.4. The Kier molecular flexibility index (Phi) is 2.62. The molecule has 0 spiro atoms. The van der Waals surface area contributed by atoms with Gasteiger partial charge in [-0.25, -0.2) is 14.4 Å². The Bertz CT molecular complexity index is 723. The first-order valence-electron chi connectivity index (χ1n) is 5.25. The maximum Gasteiger partial charge on any atom is 0.335 e. The number of hydrogen-bond donors (Lipinski definition) is 0. The number of rotatable bonds is 2. The molecule has 96 valence electrons. The maximum absolute atomic E-state index is 12.8. The van der Waals surface area contributed by atoms with Crippen LogP contribution in [0.15, 0.2) is 30.7 Å². The molecule has 0 N–H and O–H groups in total. The Balaban J connectivity index is 2.09. The quantitative estimate of drug-likeness (QED) is 0.714. The van der Waals surface area contributed by atoms with Crippen LogP contribution in [0, 0.1) is 5.82 Å². The minimum absolute atomic E-state index is 0.0131. The largest absolute Gasteiger partial charge is 0.335 e. The number of pyridine rings is 1. The molecule has 0 fully saturated rings. The molecule has 0 bridgehead atoms. The van der Waals surface area contributed by atoms with Crippen LogP contribution in [0.2, 0.25) is 0 Å². The Hall–Kier alpha value is -2.51. The minimum Gasteiger partial charge on any atom is -0.252 e. The second-order valence-electron chi connectivity index (χ2n) is 3.69. The standard InChI is InChI=1S/C11H6F3N5/c12-6-1-2-7(15-3-6)8-4-16-10-9(18-8)5-17-19(10)11(13)14/h1-5,11H. The molecular formula is C11H6F3N5. The van der Waals surface area contributed by atoms with Crippen molar-refractivity contribution < 1.29 is 13.2 Å². The summed E-state index contributed by atoms with van der Waals surface area (Å²) in [6.07, 6.45) is 3.54. The number of hydrogen-bond acceptors (Lipinski definition) is 4. The third-order valence-corrected chi connectivity index (χ3v) is 2.48. The molecule has 0 saturated heterocycles. The number of alkyl halides is 2. The highest BCUT2D eigenvalue weighted by atomic mass is 19.3. The van der Waals surface area contributed by atoms with E-state index in [1.165, 1.54) is 24.5 Å². The molecule has 5 nitrogen and oxygen atoms in total. The SMILES string of the molecule is Fc1ccc(-c2cnc3c(cnn3C(F)F)n2)nc1. The van der Waals surface area contributed by atoms with Crippen molar-refractivity contribution in [3.05, 3.63) is 36.5 Å². The fourth-order valence-corrected chi connectivity index (χ4v) is 1.63. The van der Waals surface area contributed by atoms with Gasteiger partial charge in [-0.3, -0.25) is 4.98 Å². The smallest absolute Gasteiger partial charge is 0.252 e. The first-order chi connectivity index (χ1) is 9.15. The minimum atomic E-state index is -2.78. The Morgan fingerprint density at radius 1 is 1.00 bits per heavy atom. The molecule has 3 aromatic rings. The zero-order chi connectivity index (χ0) is 13.4. The number of halogens is 3. The van der Waals surface area contributed by atoms with E-state index < -0.39 is 12.4 Å². The summed E-state index contributed by atoms with van der Waals surface area (Å²) in [4.78, 5) is 11.8. The Morgan fingerprint density at radius 2 is 1.84 bits per heavy atom. The highest BCUT2D eigenvalue weighted by molar-refractivity contribution is 5.72. The molecule has 19 heavy (non-hydrogen) atoms. The Labute approximate surface area is 104 Å². The molecule has 0 radical (unpaired) electrons. The van der Waals surface area contributed by atoms with E-state index in [0.717, 1.165) is 6.20 Å². The van der Waals surface area contributed by atoms with E-state index >= 15 is 0 Å². The summed E-state index contributed by atoms with van der Waals surface area (Å²) < 4.78 is 38.4. The predicted octanol–water partition coefficient (Wildman–Crippen LogP) is 2.42. The average molecular weight is 265 g/mol. The van der Waals surface area contributed by atoms with Gasteiger partial charge in [0.05, 0.1) is 24.3 Å². The molecule has 0 aliphatic carbocycles. The molecule has 0 unspecified atom stereocenters. The molecule has 0 saturated carbocycles. The van der Waals surface area contributed by atoms with E-state index in [4.69, 9.17) is 0 Å². The van der Waals surface area contributed by atoms with E-state index in [-0.39, 0.29) is 11.2 Å². The van der Waals surface area contributed by atoms with Gasteiger partial charge in [-0.2, -0.15) is 18.6 Å². The third-order valence-electron chi connectivity index (χ3n) is 2.48. The molecule has 8 heteroatoms. The van der Waals surface area contributed by atoms with Gasteiger partial charge in [-0.05, 0) is 12.1 Å². The van der Waals surface area contributed by atoms with E-state index in [9.17, 15) is 13.2 Å². The van der Waals surface area contributed by atoms with Crippen LogP contribution in [0.25, 0.3) is 22.6 Å². The second kappa shape index (κ2) is 4.30. The van der Waals surface area contributed by atoms with Crippen LogP contribution < -0.4 is 0 Å². The van der Waals surface area contributed by atoms with Crippen LogP contribution in [0.3, 0.4) is 0 Å². The third kappa shape index (κ3) is 2.01. The van der Waals surface area contributed by atoms with Crippen molar-refractivity contribution in [2.45, 2.75) is 6.55 Å². The fourth-order valence-electron chi connectivity index (χ4n) is 1.63. The van der Waals surface area contributed by atoms with Crippen LogP contribution in [0.5, 0.6) is 0 Å². The summed E-state index contributed by atoms with van der Waals surface area (Å²) in [7, 11) is 0. The van der Waals surface area contributed by atoms with Crippen LogP contribution in [0.1, 0.15) is 6.55 Å². The summed E-state index contributed by atoms with van der Waals surface area (Å²) in [5.74, 6) is -0.469. The van der Waals surface area contributed by atoms with Gasteiger partial charge in [-0.1, -0.05) is 0 Å². The van der Waals surface area contributed by atoms with Gasteiger partial charge in [-0.15, -0.1) is 0 Å². The molecular weight excluding hydrogens is 259 g/mol.